The molecule has 28 heavy (non-hydrogen) atoms. The van der Waals surface area contributed by atoms with Crippen molar-refractivity contribution in [3.63, 3.8) is 0 Å². The van der Waals surface area contributed by atoms with E-state index in [0.29, 0.717) is 12.2 Å². The van der Waals surface area contributed by atoms with E-state index in [2.05, 4.69) is 70.6 Å². The number of carbonyl (C=O) groups is 2. The molecule has 1 aromatic carbocycles. The van der Waals surface area contributed by atoms with E-state index in [-0.39, 0.29) is 0 Å². The highest BCUT2D eigenvalue weighted by Crippen LogP contribution is 2.28. The highest BCUT2D eigenvalue weighted by Gasteiger charge is 2.10. The summed E-state index contributed by atoms with van der Waals surface area (Å²) < 4.78 is 2.21. The number of aliphatic carboxylic acids is 2. The van der Waals surface area contributed by atoms with Gasteiger partial charge in [-0.1, -0.05) is 18.2 Å². The van der Waals surface area contributed by atoms with Gasteiger partial charge in [0, 0.05) is 42.7 Å². The minimum absolute atomic E-state index is 0.558. The van der Waals surface area contributed by atoms with Crippen LogP contribution in [0.2, 0.25) is 0 Å². The molecule has 0 saturated carbocycles. The van der Waals surface area contributed by atoms with Crippen LogP contribution in [0.25, 0.3) is 11.3 Å². The van der Waals surface area contributed by atoms with E-state index in [9.17, 15) is 9.59 Å². The molecule has 8 heteroatoms. The first kappa shape index (κ1) is 20.8. The Kier molecular flexibility index (Phi) is 7.38. The number of aromatic nitrogens is 1. The Balaban J connectivity index is 0.000000300. The van der Waals surface area contributed by atoms with Crippen LogP contribution in [0.3, 0.4) is 0 Å². The van der Waals surface area contributed by atoms with Gasteiger partial charge >= 0.3 is 11.9 Å². The largest absolute Gasteiger partial charge is 0.478 e. The van der Waals surface area contributed by atoms with E-state index in [4.69, 9.17) is 10.2 Å². The molecular weight excluding hydrogens is 360 g/mol. The van der Waals surface area contributed by atoms with E-state index in [1.165, 1.54) is 17.0 Å². The molecule has 0 fully saturated rings. The first-order valence-corrected chi connectivity index (χ1v) is 8.75. The first-order chi connectivity index (χ1) is 13.4. The number of hydrogen-bond donors (Lipinski definition) is 4. The Morgan fingerprint density at radius 2 is 1.86 bits per heavy atom. The number of amidine groups is 1. The predicted molar refractivity (Wildman–Crippen MR) is 109 cm³/mol. The molecule has 1 aromatic heterocycles. The number of carboxylic acids is 2. The van der Waals surface area contributed by atoms with Crippen molar-refractivity contribution in [3.8, 4) is 11.3 Å². The minimum atomic E-state index is -1.26. The van der Waals surface area contributed by atoms with Crippen molar-refractivity contribution in [2.24, 2.45) is 12.0 Å². The Hall–Kier alpha value is -3.55. The number of nitrogens with one attached hydrogen (secondary N) is 2. The summed E-state index contributed by atoms with van der Waals surface area (Å²) >= 11 is 0. The van der Waals surface area contributed by atoms with Gasteiger partial charge in [-0.15, -0.1) is 0 Å². The van der Waals surface area contributed by atoms with Crippen molar-refractivity contribution in [2.45, 2.75) is 6.92 Å². The molecule has 0 spiro atoms. The van der Waals surface area contributed by atoms with Crippen LogP contribution in [0.4, 0.5) is 5.69 Å². The van der Waals surface area contributed by atoms with Crippen LogP contribution in [-0.2, 0) is 16.6 Å². The van der Waals surface area contributed by atoms with Crippen LogP contribution in [0.5, 0.6) is 0 Å². The summed E-state index contributed by atoms with van der Waals surface area (Å²) in [5, 5.41) is 22.4. The number of hydrogen-bond acceptors (Lipinski definition) is 5. The third-order valence-corrected chi connectivity index (χ3v) is 4.13. The molecule has 8 nitrogen and oxygen atoms in total. The molecule has 0 amide bonds. The van der Waals surface area contributed by atoms with Crippen molar-refractivity contribution < 1.29 is 19.8 Å². The van der Waals surface area contributed by atoms with E-state index >= 15 is 0 Å². The van der Waals surface area contributed by atoms with Crippen molar-refractivity contribution in [1.29, 1.82) is 0 Å². The number of nitrogens with zero attached hydrogens (tertiary/aromatic N) is 2. The van der Waals surface area contributed by atoms with Gasteiger partial charge < -0.3 is 25.4 Å². The van der Waals surface area contributed by atoms with E-state index in [0.717, 1.165) is 31.2 Å². The molecule has 0 aliphatic carbocycles. The second kappa shape index (κ2) is 9.96. The second-order valence-corrected chi connectivity index (χ2v) is 6.08. The van der Waals surface area contributed by atoms with Crippen molar-refractivity contribution in [1.82, 2.24) is 9.88 Å². The fourth-order valence-electron chi connectivity index (χ4n) is 2.63. The lowest BCUT2D eigenvalue weighted by molar-refractivity contribution is -0.134. The second-order valence-electron chi connectivity index (χ2n) is 6.08. The van der Waals surface area contributed by atoms with E-state index < -0.39 is 11.9 Å². The van der Waals surface area contributed by atoms with Gasteiger partial charge in [-0.2, -0.15) is 0 Å². The summed E-state index contributed by atoms with van der Waals surface area (Å²) in [6, 6.07) is 12.7. The molecule has 2 heterocycles. The number of aliphatic imine (C=N–C) groups is 1. The molecule has 3 rings (SSSR count). The lowest BCUT2D eigenvalue weighted by Crippen LogP contribution is -2.26. The zero-order valence-electron chi connectivity index (χ0n) is 15.8. The maximum Gasteiger partial charge on any atom is 0.328 e. The number of anilines is 1. The summed E-state index contributed by atoms with van der Waals surface area (Å²) in [5.74, 6) is -1.47. The van der Waals surface area contributed by atoms with Crippen molar-refractivity contribution in [2.75, 3.05) is 25.0 Å². The predicted octanol–water partition coefficient (Wildman–Crippen LogP) is 2.13. The average Bonchev–Trinajstić information content (AvgIpc) is 3.30. The number of benzene rings is 1. The van der Waals surface area contributed by atoms with Gasteiger partial charge in [0.05, 0.1) is 18.8 Å². The van der Waals surface area contributed by atoms with Gasteiger partial charge in [-0.05, 0) is 25.1 Å². The van der Waals surface area contributed by atoms with Crippen molar-refractivity contribution in [3.05, 3.63) is 54.2 Å². The highest BCUT2D eigenvalue weighted by atomic mass is 16.4. The Morgan fingerprint density at radius 3 is 2.39 bits per heavy atom. The van der Waals surface area contributed by atoms with Gasteiger partial charge in [0.25, 0.3) is 0 Å². The molecule has 148 valence electrons. The number of carboxylic acid groups (broad SMARTS) is 2. The average molecular weight is 384 g/mol. The molecule has 0 radical (unpaired) electrons. The Morgan fingerprint density at radius 1 is 1.18 bits per heavy atom. The summed E-state index contributed by atoms with van der Waals surface area (Å²) in [4.78, 5) is 23.5. The monoisotopic (exact) mass is 384 g/mol. The van der Waals surface area contributed by atoms with Crippen LogP contribution in [-0.4, -0.2) is 52.2 Å². The third-order valence-electron chi connectivity index (χ3n) is 4.13. The van der Waals surface area contributed by atoms with E-state index in [1.54, 1.807) is 0 Å². The quantitative estimate of drug-likeness (QED) is 0.567. The fourth-order valence-corrected chi connectivity index (χ4v) is 2.63. The number of aryl methyl sites for hydroxylation is 1. The molecule has 1 aliphatic heterocycles. The summed E-state index contributed by atoms with van der Waals surface area (Å²) in [6.07, 6.45) is 1.12. The zero-order chi connectivity index (χ0) is 20.5. The molecule has 2 aromatic rings. The zero-order valence-corrected chi connectivity index (χ0v) is 15.8. The smallest absolute Gasteiger partial charge is 0.328 e. The molecule has 0 saturated heterocycles. The van der Waals surface area contributed by atoms with Crippen LogP contribution < -0.4 is 10.6 Å². The molecule has 0 atom stereocenters. The number of para-hydroxylation sites is 1. The maximum atomic E-state index is 9.55. The Labute approximate surface area is 163 Å². The van der Waals surface area contributed by atoms with Gasteiger partial charge in [0.15, 0.2) is 0 Å². The van der Waals surface area contributed by atoms with Crippen molar-refractivity contribution >= 4 is 23.5 Å². The van der Waals surface area contributed by atoms with E-state index in [1.807, 2.05) is 0 Å². The highest BCUT2D eigenvalue weighted by molar-refractivity contribution is 5.90. The lowest BCUT2D eigenvalue weighted by Gasteiger charge is -2.13. The maximum absolute atomic E-state index is 9.55. The summed E-state index contributed by atoms with van der Waals surface area (Å²) in [5.41, 5.74) is 4.86. The van der Waals surface area contributed by atoms with Crippen LogP contribution >= 0.6 is 0 Å². The minimum Gasteiger partial charge on any atom is -0.478 e. The molecule has 0 bridgehead atoms. The normalized spacial score (nSPS) is 12.7. The first-order valence-electron chi connectivity index (χ1n) is 8.75. The lowest BCUT2D eigenvalue weighted by atomic mass is 10.1. The SMILES string of the molecule is Cc1ccc(-c2ccccc2NCC2=NCCN2)n1C.O=C(O)C=CC(=O)O. The van der Waals surface area contributed by atoms with Gasteiger partial charge in [-0.25, -0.2) is 9.59 Å². The van der Waals surface area contributed by atoms with Gasteiger partial charge in [0.2, 0.25) is 0 Å². The molecule has 4 N–H and O–H groups in total. The standard InChI is InChI=1S/C16H20N4.C4H4O4/c1-12-7-8-15(20(12)2)13-5-3-4-6-14(13)19-11-16-17-9-10-18-16;5-3(6)1-2-4(7)8/h3-8,19H,9-11H2,1-2H3,(H,17,18);1-2H,(H,5,6)(H,7,8). The van der Waals surface area contributed by atoms with Crippen LogP contribution in [0.15, 0.2) is 53.5 Å². The third kappa shape index (κ3) is 6.01. The summed E-state index contributed by atoms with van der Waals surface area (Å²) in [6.45, 7) is 4.71. The Bertz CT molecular complexity index is 883. The molecule has 0 unspecified atom stereocenters. The molecule has 1 aliphatic rings. The topological polar surface area (TPSA) is 116 Å². The van der Waals surface area contributed by atoms with Crippen LogP contribution in [0, 0.1) is 6.92 Å². The van der Waals surface area contributed by atoms with Gasteiger partial charge in [0.1, 0.15) is 5.84 Å². The van der Waals surface area contributed by atoms with Gasteiger partial charge in [-0.3, -0.25) is 4.99 Å². The number of rotatable bonds is 6. The summed E-state index contributed by atoms with van der Waals surface area (Å²) in [7, 11) is 2.10. The fraction of sp³-hybridized carbons (Fsp3) is 0.250. The van der Waals surface area contributed by atoms with Crippen LogP contribution in [0.1, 0.15) is 5.69 Å². The molecular formula is C20H24N4O4.